The highest BCUT2D eigenvalue weighted by Crippen LogP contribution is 2.39. The van der Waals surface area contributed by atoms with E-state index < -0.39 is 0 Å². The quantitative estimate of drug-likeness (QED) is 0.462. The zero-order chi connectivity index (χ0) is 15.1. The van der Waals surface area contributed by atoms with Crippen molar-refractivity contribution < 1.29 is 0 Å². The largest absolute Gasteiger partial charge is 0.342 e. The molecule has 0 bridgehead atoms. The Labute approximate surface area is 124 Å². The molecule has 0 saturated carbocycles. The van der Waals surface area contributed by atoms with Crippen molar-refractivity contribution in [1.82, 2.24) is 4.90 Å². The van der Waals surface area contributed by atoms with Crippen LogP contribution in [-0.4, -0.2) is 10.9 Å². The van der Waals surface area contributed by atoms with Crippen molar-refractivity contribution in [3.8, 4) is 0 Å². The van der Waals surface area contributed by atoms with Crippen molar-refractivity contribution in [2.24, 2.45) is 5.92 Å². The lowest BCUT2D eigenvalue weighted by molar-refractivity contribution is 0.319. The second kappa shape index (κ2) is 7.74. The second-order valence-corrected chi connectivity index (χ2v) is 5.15. The molecule has 2 atom stereocenters. The summed E-state index contributed by atoms with van der Waals surface area (Å²) in [5.74, 6) is 0.524. The molecule has 2 unspecified atom stereocenters. The van der Waals surface area contributed by atoms with Crippen molar-refractivity contribution in [3.63, 3.8) is 0 Å². The van der Waals surface area contributed by atoms with Gasteiger partial charge in [-0.3, -0.25) is 0 Å². The Morgan fingerprint density at radius 1 is 1.30 bits per heavy atom. The fraction of sp³-hybridized carbons (Fsp3) is 0.368. The van der Waals surface area contributed by atoms with Gasteiger partial charge in [-0.15, -0.1) is 0 Å². The molecule has 0 radical (unpaired) electrons. The van der Waals surface area contributed by atoms with Crippen LogP contribution in [0.5, 0.6) is 0 Å². The maximum atomic E-state index is 4.20. The minimum absolute atomic E-state index is 0.430. The topological polar surface area (TPSA) is 3.24 Å². The normalized spacial score (nSPS) is 23.7. The van der Waals surface area contributed by atoms with Gasteiger partial charge in [-0.25, -0.2) is 0 Å². The average molecular weight is 269 g/mol. The monoisotopic (exact) mass is 269 g/mol. The summed E-state index contributed by atoms with van der Waals surface area (Å²) in [6.45, 7) is 16.5. The molecular formula is C19H27N. The van der Waals surface area contributed by atoms with Gasteiger partial charge in [0, 0.05) is 23.4 Å². The van der Waals surface area contributed by atoms with E-state index in [0.717, 1.165) is 12.1 Å². The van der Waals surface area contributed by atoms with Crippen molar-refractivity contribution in [1.29, 1.82) is 0 Å². The van der Waals surface area contributed by atoms with Crippen LogP contribution in [0.25, 0.3) is 0 Å². The third-order valence-corrected chi connectivity index (χ3v) is 3.87. The van der Waals surface area contributed by atoms with E-state index in [-0.39, 0.29) is 0 Å². The minimum Gasteiger partial charge on any atom is -0.342 e. The van der Waals surface area contributed by atoms with Crippen LogP contribution in [0.4, 0.5) is 0 Å². The maximum Gasteiger partial charge on any atom is 0.0382 e. The van der Waals surface area contributed by atoms with Gasteiger partial charge in [0.15, 0.2) is 0 Å². The first-order valence-corrected chi connectivity index (χ1v) is 7.30. The van der Waals surface area contributed by atoms with E-state index in [9.17, 15) is 0 Å². The van der Waals surface area contributed by atoms with E-state index in [1.165, 1.54) is 11.3 Å². The predicted molar refractivity (Wildman–Crippen MR) is 90.2 cm³/mol. The third-order valence-electron chi connectivity index (χ3n) is 3.87. The molecule has 1 aliphatic rings. The summed E-state index contributed by atoms with van der Waals surface area (Å²) < 4.78 is 0. The van der Waals surface area contributed by atoms with Crippen LogP contribution in [0.2, 0.25) is 0 Å². The van der Waals surface area contributed by atoms with Gasteiger partial charge in [-0.2, -0.15) is 0 Å². The first-order chi connectivity index (χ1) is 9.58. The molecule has 20 heavy (non-hydrogen) atoms. The van der Waals surface area contributed by atoms with Crippen LogP contribution in [0.1, 0.15) is 34.1 Å². The zero-order valence-electron chi connectivity index (χ0n) is 13.3. The van der Waals surface area contributed by atoms with Gasteiger partial charge in [-0.05, 0) is 45.8 Å². The molecule has 0 amide bonds. The number of allylic oxidation sites excluding steroid dienone is 8. The fourth-order valence-corrected chi connectivity index (χ4v) is 2.92. The van der Waals surface area contributed by atoms with E-state index in [1.807, 2.05) is 12.2 Å². The smallest absolute Gasteiger partial charge is 0.0382 e. The molecule has 1 heteroatoms. The average Bonchev–Trinajstić information content (AvgIpc) is 2.66. The van der Waals surface area contributed by atoms with Gasteiger partial charge < -0.3 is 4.90 Å². The van der Waals surface area contributed by atoms with Crippen LogP contribution < -0.4 is 0 Å². The molecule has 0 fully saturated rings. The Morgan fingerprint density at radius 2 is 2.00 bits per heavy atom. The molecule has 1 nitrogen and oxygen atoms in total. The lowest BCUT2D eigenvalue weighted by Gasteiger charge is -2.29. The first kappa shape index (κ1) is 16.3. The van der Waals surface area contributed by atoms with Crippen LogP contribution in [0.15, 0.2) is 72.7 Å². The molecule has 0 aliphatic carbocycles. The fourth-order valence-electron chi connectivity index (χ4n) is 2.92. The molecule has 0 saturated heterocycles. The Kier molecular flexibility index (Phi) is 6.30. The summed E-state index contributed by atoms with van der Waals surface area (Å²) in [6.07, 6.45) is 15.6. The van der Waals surface area contributed by atoms with Crippen molar-refractivity contribution in [3.05, 3.63) is 72.7 Å². The first-order valence-electron chi connectivity index (χ1n) is 7.30. The van der Waals surface area contributed by atoms with Gasteiger partial charge in [0.2, 0.25) is 0 Å². The molecule has 1 rings (SSSR count). The van der Waals surface area contributed by atoms with Crippen molar-refractivity contribution in [2.75, 3.05) is 0 Å². The Hall–Kier alpha value is -1.76. The maximum absolute atomic E-state index is 4.20. The van der Waals surface area contributed by atoms with Gasteiger partial charge in [0.25, 0.3) is 0 Å². The van der Waals surface area contributed by atoms with E-state index in [4.69, 9.17) is 0 Å². The Balaban J connectivity index is 3.11. The summed E-state index contributed by atoms with van der Waals surface area (Å²) in [4.78, 5) is 2.34. The highest BCUT2D eigenvalue weighted by atomic mass is 15.2. The molecular weight excluding hydrogens is 242 g/mol. The minimum atomic E-state index is 0.430. The standard InChI is InChI=1S/C19H27N/c1-7-10-13-15(4)20-16(5)18(12-9-3)19(17(20)6)14-11-8-2/h7-13,17,19H,1,4,14H2,2-3,5-6H3. The third kappa shape index (κ3) is 3.41. The van der Waals surface area contributed by atoms with Crippen molar-refractivity contribution >= 4 is 0 Å². The Morgan fingerprint density at radius 3 is 2.55 bits per heavy atom. The van der Waals surface area contributed by atoms with Crippen LogP contribution in [0, 0.1) is 5.92 Å². The highest BCUT2D eigenvalue weighted by Gasteiger charge is 2.34. The summed E-state index contributed by atoms with van der Waals surface area (Å²) in [5.41, 5.74) is 3.76. The van der Waals surface area contributed by atoms with Crippen LogP contribution in [-0.2, 0) is 0 Å². The second-order valence-electron chi connectivity index (χ2n) is 5.15. The van der Waals surface area contributed by atoms with Crippen LogP contribution in [0.3, 0.4) is 0 Å². The molecule has 0 aromatic rings. The molecule has 0 spiro atoms. The summed E-state index contributed by atoms with van der Waals surface area (Å²) in [6, 6.07) is 0.430. The number of hydrogen-bond acceptors (Lipinski definition) is 1. The van der Waals surface area contributed by atoms with E-state index in [1.54, 1.807) is 6.08 Å². The van der Waals surface area contributed by atoms with E-state index in [0.29, 0.717) is 12.0 Å². The molecule has 0 aromatic carbocycles. The van der Waals surface area contributed by atoms with E-state index >= 15 is 0 Å². The summed E-state index contributed by atoms with van der Waals surface area (Å²) in [5, 5.41) is 0. The number of hydrogen-bond donors (Lipinski definition) is 0. The predicted octanol–water partition coefficient (Wildman–Crippen LogP) is 5.38. The lowest BCUT2D eigenvalue weighted by Crippen LogP contribution is -2.29. The van der Waals surface area contributed by atoms with Crippen LogP contribution >= 0.6 is 0 Å². The van der Waals surface area contributed by atoms with Gasteiger partial charge >= 0.3 is 0 Å². The lowest BCUT2D eigenvalue weighted by atomic mass is 9.91. The summed E-state index contributed by atoms with van der Waals surface area (Å²) >= 11 is 0. The highest BCUT2D eigenvalue weighted by molar-refractivity contribution is 5.38. The van der Waals surface area contributed by atoms with Crippen molar-refractivity contribution in [2.45, 2.75) is 40.2 Å². The number of rotatable bonds is 6. The molecule has 1 heterocycles. The zero-order valence-corrected chi connectivity index (χ0v) is 13.3. The molecule has 108 valence electrons. The Bertz CT molecular complexity index is 474. The van der Waals surface area contributed by atoms with Gasteiger partial charge in [-0.1, -0.05) is 49.6 Å². The molecule has 0 aromatic heterocycles. The number of nitrogens with zero attached hydrogens (tertiary/aromatic N) is 1. The molecule has 1 aliphatic heterocycles. The molecule has 0 N–H and O–H groups in total. The van der Waals surface area contributed by atoms with Gasteiger partial charge in [0.1, 0.15) is 0 Å². The summed E-state index contributed by atoms with van der Waals surface area (Å²) in [7, 11) is 0. The van der Waals surface area contributed by atoms with Gasteiger partial charge in [0.05, 0.1) is 0 Å². The van der Waals surface area contributed by atoms with E-state index in [2.05, 4.69) is 70.1 Å². The SMILES string of the molecule is C=CC=CC(=C)N1C(C)=C(C=CC)C(CC=CC)C1C.